The van der Waals surface area contributed by atoms with Crippen molar-refractivity contribution < 1.29 is 13.9 Å². The van der Waals surface area contributed by atoms with Crippen LogP contribution in [0.25, 0.3) is 0 Å². The molecule has 1 heterocycles. The van der Waals surface area contributed by atoms with Gasteiger partial charge in [-0.3, -0.25) is 4.79 Å². The van der Waals surface area contributed by atoms with Crippen LogP contribution in [-0.4, -0.2) is 37.1 Å². The van der Waals surface area contributed by atoms with E-state index >= 15 is 0 Å². The fourth-order valence-electron chi connectivity index (χ4n) is 2.94. The molecule has 1 aliphatic heterocycles. The Balaban J connectivity index is 2.07. The summed E-state index contributed by atoms with van der Waals surface area (Å²) in [6, 6.07) is 8.66. The molecule has 0 saturated carbocycles. The number of halogens is 1. The Hall–Kier alpha value is -1.93. The average Bonchev–Trinajstić information content (AvgIpc) is 2.58. The van der Waals surface area contributed by atoms with Gasteiger partial charge in [0, 0.05) is 26.3 Å². The lowest BCUT2D eigenvalue weighted by Crippen LogP contribution is -2.47. The molecule has 0 atom stereocenters. The van der Waals surface area contributed by atoms with Gasteiger partial charge < -0.3 is 9.64 Å². The third-order valence-corrected chi connectivity index (χ3v) is 4.31. The summed E-state index contributed by atoms with van der Waals surface area (Å²) in [6.07, 6.45) is 2.30. The smallest absolute Gasteiger partial charge is 0.243 e. The van der Waals surface area contributed by atoms with Crippen LogP contribution in [0.5, 0.6) is 0 Å². The zero-order valence-electron chi connectivity index (χ0n) is 13.6. The number of nitrogens with zero attached hydrogens (tertiary/aromatic N) is 2. The third kappa shape index (κ3) is 4.29. The van der Waals surface area contributed by atoms with Crippen LogP contribution in [0.15, 0.2) is 24.3 Å². The van der Waals surface area contributed by atoms with E-state index in [2.05, 4.69) is 6.07 Å². The molecule has 1 amide bonds. The largest absolute Gasteiger partial charge is 0.381 e. The maximum Gasteiger partial charge on any atom is 0.243 e. The highest BCUT2D eigenvalue weighted by Crippen LogP contribution is 2.32. The Morgan fingerprint density at radius 1 is 1.39 bits per heavy atom. The Labute approximate surface area is 136 Å². The van der Waals surface area contributed by atoms with Crippen LogP contribution in [0.2, 0.25) is 0 Å². The molecule has 0 aliphatic carbocycles. The van der Waals surface area contributed by atoms with E-state index in [-0.39, 0.29) is 11.7 Å². The van der Waals surface area contributed by atoms with E-state index in [4.69, 9.17) is 4.74 Å². The minimum Gasteiger partial charge on any atom is -0.381 e. The highest BCUT2D eigenvalue weighted by molar-refractivity contribution is 5.85. The van der Waals surface area contributed by atoms with Crippen molar-refractivity contribution in [2.24, 2.45) is 5.41 Å². The van der Waals surface area contributed by atoms with Crippen molar-refractivity contribution in [3.8, 4) is 6.07 Å². The molecule has 0 radical (unpaired) electrons. The van der Waals surface area contributed by atoms with Crippen LogP contribution >= 0.6 is 0 Å². The summed E-state index contributed by atoms with van der Waals surface area (Å²) < 4.78 is 18.6. The Morgan fingerprint density at radius 3 is 2.74 bits per heavy atom. The molecule has 0 aromatic heterocycles. The van der Waals surface area contributed by atoms with Gasteiger partial charge in [0.2, 0.25) is 5.91 Å². The molecule has 1 aliphatic rings. The summed E-state index contributed by atoms with van der Waals surface area (Å²) in [5.41, 5.74) is -0.105. The Kier molecular flexibility index (Phi) is 6.12. The summed E-state index contributed by atoms with van der Waals surface area (Å²) in [5.74, 6) is -0.379. The van der Waals surface area contributed by atoms with E-state index in [1.807, 2.05) is 13.0 Å². The monoisotopic (exact) mass is 318 g/mol. The average molecular weight is 318 g/mol. The number of hydrogen-bond donors (Lipinski definition) is 0. The summed E-state index contributed by atoms with van der Waals surface area (Å²) in [4.78, 5) is 14.7. The van der Waals surface area contributed by atoms with Crippen LogP contribution in [0, 0.1) is 22.6 Å². The SMILES string of the molecule is CCCN(CCc1cccc(F)c1)C(=O)C1(C#N)CCOCC1. The van der Waals surface area contributed by atoms with Crippen LogP contribution in [0.1, 0.15) is 31.7 Å². The van der Waals surface area contributed by atoms with Crippen molar-refractivity contribution in [1.29, 1.82) is 5.26 Å². The van der Waals surface area contributed by atoms with Crippen LogP contribution in [-0.2, 0) is 16.0 Å². The minimum absolute atomic E-state index is 0.110. The number of benzene rings is 1. The van der Waals surface area contributed by atoms with Crippen molar-refractivity contribution in [3.05, 3.63) is 35.6 Å². The first-order valence-corrected chi connectivity index (χ1v) is 8.14. The van der Waals surface area contributed by atoms with E-state index in [0.29, 0.717) is 45.6 Å². The number of hydrogen-bond acceptors (Lipinski definition) is 3. The van der Waals surface area contributed by atoms with Gasteiger partial charge in [0.05, 0.1) is 6.07 Å². The third-order valence-electron chi connectivity index (χ3n) is 4.31. The zero-order valence-corrected chi connectivity index (χ0v) is 13.6. The Bertz CT molecular complexity index is 577. The maximum absolute atomic E-state index is 13.3. The number of rotatable bonds is 6. The number of ether oxygens (including phenoxy) is 1. The Morgan fingerprint density at radius 2 is 2.13 bits per heavy atom. The fraction of sp³-hybridized carbons (Fsp3) is 0.556. The summed E-state index contributed by atoms with van der Waals surface area (Å²) >= 11 is 0. The molecule has 0 unspecified atom stereocenters. The van der Waals surface area contributed by atoms with Gasteiger partial charge in [0.25, 0.3) is 0 Å². The molecule has 0 N–H and O–H groups in total. The van der Waals surface area contributed by atoms with Crippen molar-refractivity contribution in [1.82, 2.24) is 4.90 Å². The summed E-state index contributed by atoms with van der Waals surface area (Å²) in [6.45, 7) is 4.01. The van der Waals surface area contributed by atoms with Crippen LogP contribution < -0.4 is 0 Å². The molecule has 1 aromatic rings. The molecule has 1 saturated heterocycles. The molecule has 1 fully saturated rings. The first kappa shape index (κ1) is 17.4. The van der Waals surface area contributed by atoms with E-state index < -0.39 is 5.41 Å². The predicted octanol–water partition coefficient (Wildman–Crippen LogP) is 2.93. The highest BCUT2D eigenvalue weighted by Gasteiger charge is 2.42. The van der Waals surface area contributed by atoms with Crippen LogP contribution in [0.3, 0.4) is 0 Å². The lowest BCUT2D eigenvalue weighted by Gasteiger charge is -2.34. The quantitative estimate of drug-likeness (QED) is 0.810. The number of carbonyl (C=O) groups is 1. The second-order valence-electron chi connectivity index (χ2n) is 5.98. The van der Waals surface area contributed by atoms with Crippen molar-refractivity contribution in [2.45, 2.75) is 32.6 Å². The van der Waals surface area contributed by atoms with E-state index in [1.54, 1.807) is 11.0 Å². The van der Waals surface area contributed by atoms with Gasteiger partial charge in [-0.05, 0) is 43.4 Å². The van der Waals surface area contributed by atoms with Gasteiger partial charge in [-0.25, -0.2) is 4.39 Å². The van der Waals surface area contributed by atoms with Gasteiger partial charge in [-0.1, -0.05) is 19.1 Å². The van der Waals surface area contributed by atoms with Crippen molar-refractivity contribution >= 4 is 5.91 Å². The lowest BCUT2D eigenvalue weighted by atomic mass is 9.80. The zero-order chi connectivity index (χ0) is 16.7. The molecule has 1 aromatic carbocycles. The number of nitriles is 1. The molecule has 2 rings (SSSR count). The molecular weight excluding hydrogens is 295 g/mol. The van der Waals surface area contributed by atoms with Gasteiger partial charge in [-0.15, -0.1) is 0 Å². The normalized spacial score (nSPS) is 16.6. The maximum atomic E-state index is 13.3. The van der Waals surface area contributed by atoms with E-state index in [1.165, 1.54) is 12.1 Å². The topological polar surface area (TPSA) is 53.3 Å². The van der Waals surface area contributed by atoms with E-state index in [0.717, 1.165) is 12.0 Å². The van der Waals surface area contributed by atoms with Crippen molar-refractivity contribution in [3.63, 3.8) is 0 Å². The van der Waals surface area contributed by atoms with Gasteiger partial charge >= 0.3 is 0 Å². The van der Waals surface area contributed by atoms with Crippen LogP contribution in [0.4, 0.5) is 4.39 Å². The van der Waals surface area contributed by atoms with Gasteiger partial charge in [0.1, 0.15) is 11.2 Å². The number of carbonyl (C=O) groups excluding carboxylic acids is 1. The first-order valence-electron chi connectivity index (χ1n) is 8.14. The summed E-state index contributed by atoms with van der Waals surface area (Å²) in [5, 5.41) is 9.55. The minimum atomic E-state index is -0.963. The molecule has 4 nitrogen and oxygen atoms in total. The summed E-state index contributed by atoms with van der Waals surface area (Å²) in [7, 11) is 0. The van der Waals surface area contributed by atoms with Gasteiger partial charge in [-0.2, -0.15) is 5.26 Å². The molecule has 23 heavy (non-hydrogen) atoms. The molecule has 0 bridgehead atoms. The van der Waals surface area contributed by atoms with E-state index in [9.17, 15) is 14.4 Å². The highest BCUT2D eigenvalue weighted by atomic mass is 19.1. The van der Waals surface area contributed by atoms with Gasteiger partial charge in [0.15, 0.2) is 0 Å². The van der Waals surface area contributed by atoms with Crippen molar-refractivity contribution in [2.75, 3.05) is 26.3 Å². The lowest BCUT2D eigenvalue weighted by molar-refractivity contribution is -0.143. The molecule has 0 spiro atoms. The molecule has 124 valence electrons. The molecule has 5 heteroatoms. The molecular formula is C18H23FN2O2. The second kappa shape index (κ2) is 8.07. The predicted molar refractivity (Wildman–Crippen MR) is 85.1 cm³/mol. The number of amides is 1. The first-order chi connectivity index (χ1) is 11.1. The standard InChI is InChI=1S/C18H23FN2O2/c1-2-9-21(10-6-15-4-3-5-16(19)13-15)17(22)18(14-20)7-11-23-12-8-18/h3-5,13H,2,6-12H2,1H3. The fourth-order valence-corrected chi connectivity index (χ4v) is 2.94. The second-order valence-corrected chi connectivity index (χ2v) is 5.98.